The SMILES string of the molecule is C=C/C=C\CCOSOC(CO)C(=O)NC(CCc1ccccc1)C(=O)NCC/C=C\C(=C)C(=NC)NO.CC. The number of aliphatic imine (C=N–C) groups is 1. The van der Waals surface area contributed by atoms with Gasteiger partial charge in [0.2, 0.25) is 5.91 Å². The third-order valence-corrected chi connectivity index (χ3v) is 5.64. The second kappa shape index (κ2) is 24.8. The van der Waals surface area contributed by atoms with E-state index in [0.717, 1.165) is 5.56 Å². The van der Waals surface area contributed by atoms with Crippen molar-refractivity contribution in [2.24, 2.45) is 4.99 Å². The van der Waals surface area contributed by atoms with Crippen LogP contribution < -0.4 is 16.1 Å². The molecule has 2 amide bonds. The average Bonchev–Trinajstić information content (AvgIpc) is 2.98. The number of aryl methyl sites for hydroxylation is 1. The lowest BCUT2D eigenvalue weighted by Gasteiger charge is -2.21. The fraction of sp³-hybridized carbons (Fsp3) is 0.414. The van der Waals surface area contributed by atoms with Crippen molar-refractivity contribution in [3.63, 3.8) is 0 Å². The summed E-state index contributed by atoms with van der Waals surface area (Å²) in [7, 11) is 1.52. The molecule has 0 spiro atoms. The lowest BCUT2D eigenvalue weighted by Crippen LogP contribution is -2.51. The maximum absolute atomic E-state index is 12.9. The monoisotopic (exact) mass is 576 g/mol. The molecule has 11 heteroatoms. The van der Waals surface area contributed by atoms with Crippen molar-refractivity contribution in [1.29, 1.82) is 0 Å². The molecule has 0 fully saturated rings. The molecule has 1 rings (SSSR count). The standard InChI is InChI=1S/C27H38N4O6S.C2H6/c1-4-5-6-12-19-36-38-37-24(20-32)27(34)30-23(17-16-22-14-8-7-9-15-22)26(33)29-18-11-10-13-21(2)25(28-3)31-35;1-2/h4-10,13-15,23-24,32,35H,1-2,11-12,16-20H2,3H3,(H,28,31)(H,29,33)(H,30,34);1-2H3/b6-5-,13-10-;. The Bertz CT molecular complexity index is 953. The number of hydrogen-bond donors (Lipinski definition) is 5. The number of carbonyl (C=O) groups excluding carboxylic acids is 2. The van der Waals surface area contributed by atoms with Crippen molar-refractivity contribution in [2.75, 3.05) is 26.8 Å². The Balaban J connectivity index is 0.00000742. The molecule has 0 heterocycles. The predicted octanol–water partition coefficient (Wildman–Crippen LogP) is 3.85. The highest BCUT2D eigenvalue weighted by molar-refractivity contribution is 7.89. The lowest BCUT2D eigenvalue weighted by atomic mass is 10.0. The number of amidine groups is 1. The van der Waals surface area contributed by atoms with Crippen molar-refractivity contribution >= 4 is 30.0 Å². The highest BCUT2D eigenvalue weighted by atomic mass is 32.2. The van der Waals surface area contributed by atoms with E-state index in [-0.39, 0.29) is 11.7 Å². The van der Waals surface area contributed by atoms with Crippen LogP contribution >= 0.6 is 12.3 Å². The van der Waals surface area contributed by atoms with Gasteiger partial charge in [-0.1, -0.05) is 87.7 Å². The maximum Gasteiger partial charge on any atom is 0.253 e. The van der Waals surface area contributed by atoms with Crippen molar-refractivity contribution < 1.29 is 28.3 Å². The molecule has 1 aromatic carbocycles. The van der Waals surface area contributed by atoms with Gasteiger partial charge in [0.1, 0.15) is 6.04 Å². The Morgan fingerprint density at radius 3 is 2.50 bits per heavy atom. The highest BCUT2D eigenvalue weighted by Crippen LogP contribution is 2.11. The van der Waals surface area contributed by atoms with E-state index in [0.29, 0.717) is 56.7 Å². The molecular formula is C29H44N4O6S. The molecule has 2 unspecified atom stereocenters. The van der Waals surface area contributed by atoms with Gasteiger partial charge in [0.15, 0.2) is 24.3 Å². The van der Waals surface area contributed by atoms with Crippen LogP contribution in [0.3, 0.4) is 0 Å². The van der Waals surface area contributed by atoms with Gasteiger partial charge in [-0.3, -0.25) is 33.6 Å². The summed E-state index contributed by atoms with van der Waals surface area (Å²) >= 11 is 0.620. The molecule has 0 saturated heterocycles. The molecule has 1 aromatic rings. The Kier molecular flexibility index (Phi) is 22.8. The van der Waals surface area contributed by atoms with Crippen LogP contribution in [-0.4, -0.2) is 66.9 Å². The van der Waals surface area contributed by atoms with Gasteiger partial charge in [0.25, 0.3) is 5.91 Å². The van der Waals surface area contributed by atoms with Crippen LogP contribution in [0.5, 0.6) is 0 Å². The average molecular weight is 577 g/mol. The quantitative estimate of drug-likeness (QED) is 0.0418. The largest absolute Gasteiger partial charge is 0.393 e. The van der Waals surface area contributed by atoms with E-state index >= 15 is 0 Å². The van der Waals surface area contributed by atoms with Crippen LogP contribution in [-0.2, 0) is 24.4 Å². The van der Waals surface area contributed by atoms with E-state index in [9.17, 15) is 14.7 Å². The van der Waals surface area contributed by atoms with Crippen LogP contribution in [0.15, 0.2) is 84.4 Å². The van der Waals surface area contributed by atoms with Gasteiger partial charge < -0.3 is 15.7 Å². The number of aliphatic hydroxyl groups is 1. The van der Waals surface area contributed by atoms with Crippen LogP contribution in [0.2, 0.25) is 0 Å². The third-order valence-electron chi connectivity index (χ3n) is 5.06. The molecule has 10 nitrogen and oxygen atoms in total. The summed E-state index contributed by atoms with van der Waals surface area (Å²) in [5.74, 6) is -0.742. The number of amides is 2. The molecule has 0 aromatic heterocycles. The number of carbonyl (C=O) groups is 2. The number of hydroxylamine groups is 1. The minimum Gasteiger partial charge on any atom is -0.393 e. The van der Waals surface area contributed by atoms with Gasteiger partial charge in [-0.2, -0.15) is 0 Å². The van der Waals surface area contributed by atoms with Gasteiger partial charge in [-0.15, -0.1) is 0 Å². The van der Waals surface area contributed by atoms with E-state index in [1.165, 1.54) is 7.05 Å². The summed E-state index contributed by atoms with van der Waals surface area (Å²) in [4.78, 5) is 29.5. The zero-order chi connectivity index (χ0) is 30.0. The minimum atomic E-state index is -1.21. The first kappa shape index (κ1) is 36.8. The van der Waals surface area contributed by atoms with E-state index in [1.54, 1.807) is 24.3 Å². The Labute approximate surface area is 242 Å². The molecule has 0 bridgehead atoms. The van der Waals surface area contributed by atoms with E-state index < -0.39 is 24.7 Å². The summed E-state index contributed by atoms with van der Waals surface area (Å²) in [6, 6.07) is 8.77. The summed E-state index contributed by atoms with van der Waals surface area (Å²) in [5.41, 5.74) is 3.47. The first-order chi connectivity index (χ1) is 19.5. The molecule has 0 radical (unpaired) electrons. The van der Waals surface area contributed by atoms with Crippen LogP contribution in [0.25, 0.3) is 0 Å². The highest BCUT2D eigenvalue weighted by Gasteiger charge is 2.26. The smallest absolute Gasteiger partial charge is 0.253 e. The Morgan fingerprint density at radius 2 is 1.88 bits per heavy atom. The number of nitrogens with zero attached hydrogens (tertiary/aromatic N) is 1. The number of rotatable bonds is 19. The van der Waals surface area contributed by atoms with Crippen molar-refractivity contribution in [3.05, 3.63) is 85.0 Å². The third kappa shape index (κ3) is 16.7. The zero-order valence-electron chi connectivity index (χ0n) is 23.7. The predicted molar refractivity (Wildman–Crippen MR) is 162 cm³/mol. The fourth-order valence-electron chi connectivity index (χ4n) is 3.04. The molecular weight excluding hydrogens is 532 g/mol. The van der Waals surface area contributed by atoms with Crippen LogP contribution in [0.4, 0.5) is 0 Å². The topological polar surface area (TPSA) is 142 Å². The Hall–Kier alpha value is -3.22. The van der Waals surface area contributed by atoms with Gasteiger partial charge in [0, 0.05) is 19.2 Å². The van der Waals surface area contributed by atoms with Gasteiger partial charge in [-0.25, -0.2) is 0 Å². The van der Waals surface area contributed by atoms with E-state index in [1.807, 2.05) is 55.7 Å². The molecule has 5 N–H and O–H groups in total. The number of nitrogens with one attached hydrogen (secondary N) is 3. The van der Waals surface area contributed by atoms with Gasteiger partial charge >= 0.3 is 0 Å². The second-order valence-electron chi connectivity index (χ2n) is 7.89. The van der Waals surface area contributed by atoms with Gasteiger partial charge in [0.05, 0.1) is 13.2 Å². The molecule has 40 heavy (non-hydrogen) atoms. The summed E-state index contributed by atoms with van der Waals surface area (Å²) in [5, 5.41) is 24.1. The van der Waals surface area contributed by atoms with E-state index in [2.05, 4.69) is 28.8 Å². The van der Waals surface area contributed by atoms with Crippen molar-refractivity contribution in [3.8, 4) is 0 Å². The second-order valence-corrected chi connectivity index (χ2v) is 8.45. The summed E-state index contributed by atoms with van der Waals surface area (Å²) in [6.07, 6.45) is 9.60. The number of aliphatic hydroxyl groups excluding tert-OH is 1. The fourth-order valence-corrected chi connectivity index (χ4v) is 3.50. The van der Waals surface area contributed by atoms with Crippen LogP contribution in [0, 0.1) is 0 Å². The Morgan fingerprint density at radius 1 is 1.15 bits per heavy atom. The molecule has 0 aliphatic heterocycles. The molecule has 2 atom stereocenters. The molecule has 0 saturated carbocycles. The van der Waals surface area contributed by atoms with E-state index in [4.69, 9.17) is 13.6 Å². The summed E-state index contributed by atoms with van der Waals surface area (Å²) < 4.78 is 10.5. The van der Waals surface area contributed by atoms with Crippen molar-refractivity contribution in [1.82, 2.24) is 16.1 Å². The molecule has 0 aliphatic carbocycles. The van der Waals surface area contributed by atoms with Crippen molar-refractivity contribution in [2.45, 2.75) is 51.7 Å². The first-order valence-electron chi connectivity index (χ1n) is 13.1. The molecule has 0 aliphatic rings. The number of benzene rings is 1. The number of hydrogen-bond acceptors (Lipinski definition) is 8. The van der Waals surface area contributed by atoms with Gasteiger partial charge in [-0.05, 0) is 31.2 Å². The van der Waals surface area contributed by atoms with Crippen LogP contribution in [0.1, 0.15) is 38.7 Å². The summed E-state index contributed by atoms with van der Waals surface area (Å²) in [6.45, 7) is 11.5. The minimum absolute atomic E-state index is 0.239. The first-order valence-corrected chi connectivity index (χ1v) is 13.8. The number of allylic oxidation sites excluding steroid dienone is 2. The molecule has 222 valence electrons. The zero-order valence-corrected chi connectivity index (χ0v) is 24.5. The lowest BCUT2D eigenvalue weighted by molar-refractivity contribution is -0.134. The normalized spacial score (nSPS) is 12.8. The maximum atomic E-state index is 12.9.